The van der Waals surface area contributed by atoms with Gasteiger partial charge in [-0.25, -0.2) is 8.42 Å². The van der Waals surface area contributed by atoms with Gasteiger partial charge in [-0.15, -0.1) is 0 Å². The number of rotatable bonds is 3. The molecule has 1 aromatic heterocycles. The van der Waals surface area contributed by atoms with Crippen molar-refractivity contribution >= 4 is 9.84 Å². The fraction of sp³-hybridized carbons (Fsp3) is 0.778. The quantitative estimate of drug-likeness (QED) is 0.821. The molecule has 0 bridgehead atoms. The highest BCUT2D eigenvalue weighted by atomic mass is 32.2. The van der Waals surface area contributed by atoms with Crippen molar-refractivity contribution in [2.24, 2.45) is 0 Å². The molecule has 1 N–H and O–H groups in total. The molecule has 0 amide bonds. The van der Waals surface area contributed by atoms with Crippen LogP contribution in [-0.4, -0.2) is 35.5 Å². The Morgan fingerprint density at radius 2 is 2.38 bits per heavy atom. The molecule has 0 saturated carbocycles. The summed E-state index contributed by atoms with van der Waals surface area (Å²) in [5.74, 6) is 0.700. The predicted octanol–water partition coefficient (Wildman–Crippen LogP) is 0.243. The third-order valence-electron chi connectivity index (χ3n) is 2.57. The summed E-state index contributed by atoms with van der Waals surface area (Å²) in [5.41, 5.74) is 0. The highest BCUT2D eigenvalue weighted by Crippen LogP contribution is 2.33. The van der Waals surface area contributed by atoms with Gasteiger partial charge in [0, 0.05) is 6.42 Å². The summed E-state index contributed by atoms with van der Waals surface area (Å²) >= 11 is 0. The Morgan fingerprint density at radius 3 is 2.94 bits per heavy atom. The molecule has 1 fully saturated rings. The molecule has 0 radical (unpaired) electrons. The number of hydrogen-bond donors (Lipinski definition) is 1. The van der Waals surface area contributed by atoms with Crippen molar-refractivity contribution in [1.29, 1.82) is 0 Å². The summed E-state index contributed by atoms with van der Waals surface area (Å²) in [5, 5.41) is 12.1. The van der Waals surface area contributed by atoms with Gasteiger partial charge in [0.15, 0.2) is 15.7 Å². The zero-order chi connectivity index (χ0) is 11.8. The van der Waals surface area contributed by atoms with Crippen molar-refractivity contribution in [3.05, 3.63) is 11.7 Å². The van der Waals surface area contributed by atoms with Crippen molar-refractivity contribution in [3.63, 3.8) is 0 Å². The van der Waals surface area contributed by atoms with Gasteiger partial charge in [0.05, 0.1) is 11.9 Å². The molecule has 1 aliphatic rings. The maximum atomic E-state index is 11.6. The van der Waals surface area contributed by atoms with Crippen LogP contribution in [0.15, 0.2) is 4.52 Å². The number of aliphatic hydroxyl groups excluding tert-OH is 1. The maximum absolute atomic E-state index is 11.6. The van der Waals surface area contributed by atoms with Gasteiger partial charge in [-0.2, -0.15) is 4.98 Å². The van der Waals surface area contributed by atoms with Crippen molar-refractivity contribution < 1.29 is 18.0 Å². The van der Waals surface area contributed by atoms with Crippen LogP contribution in [0.25, 0.3) is 0 Å². The SMILES string of the molecule is CC(O)Cc1noc(C2CCCS2(=O)=O)n1. The van der Waals surface area contributed by atoms with Gasteiger partial charge in [0.2, 0.25) is 5.89 Å². The van der Waals surface area contributed by atoms with Crippen LogP contribution in [0.3, 0.4) is 0 Å². The Bertz CT molecular complexity index is 466. The molecule has 1 saturated heterocycles. The van der Waals surface area contributed by atoms with E-state index in [1.807, 2.05) is 0 Å². The van der Waals surface area contributed by atoms with Crippen molar-refractivity contribution in [1.82, 2.24) is 10.1 Å². The summed E-state index contributed by atoms with van der Waals surface area (Å²) in [6.45, 7) is 1.61. The van der Waals surface area contributed by atoms with Crippen LogP contribution in [0.2, 0.25) is 0 Å². The van der Waals surface area contributed by atoms with Gasteiger partial charge in [-0.05, 0) is 19.8 Å². The minimum absolute atomic E-state index is 0.160. The Morgan fingerprint density at radius 1 is 1.62 bits per heavy atom. The molecule has 0 spiro atoms. The molecule has 1 aromatic rings. The predicted molar refractivity (Wildman–Crippen MR) is 55.4 cm³/mol. The van der Waals surface area contributed by atoms with Crippen LogP contribution in [0.1, 0.15) is 36.7 Å². The van der Waals surface area contributed by atoms with Crippen molar-refractivity contribution in [3.8, 4) is 0 Å². The summed E-state index contributed by atoms with van der Waals surface area (Å²) in [6, 6.07) is 0. The lowest BCUT2D eigenvalue weighted by molar-refractivity contribution is 0.191. The molecular weight excluding hydrogens is 232 g/mol. The summed E-state index contributed by atoms with van der Waals surface area (Å²) < 4.78 is 28.2. The molecule has 6 nitrogen and oxygen atoms in total. The van der Waals surface area contributed by atoms with Crippen LogP contribution in [0.4, 0.5) is 0 Å². The van der Waals surface area contributed by atoms with Crippen LogP contribution in [0, 0.1) is 0 Å². The molecule has 2 heterocycles. The average Bonchev–Trinajstić information content (AvgIpc) is 2.70. The zero-order valence-corrected chi connectivity index (χ0v) is 9.77. The molecule has 2 atom stereocenters. The number of sulfone groups is 1. The van der Waals surface area contributed by atoms with Gasteiger partial charge in [0.1, 0.15) is 5.25 Å². The highest BCUT2D eigenvalue weighted by molar-refractivity contribution is 7.91. The molecule has 2 unspecified atom stereocenters. The fourth-order valence-corrected chi connectivity index (χ4v) is 3.60. The van der Waals surface area contributed by atoms with E-state index in [0.717, 1.165) is 0 Å². The van der Waals surface area contributed by atoms with Crippen molar-refractivity contribution in [2.75, 3.05) is 5.75 Å². The third-order valence-corrected chi connectivity index (χ3v) is 4.73. The first-order valence-corrected chi connectivity index (χ1v) is 6.92. The highest BCUT2D eigenvalue weighted by Gasteiger charge is 2.36. The lowest BCUT2D eigenvalue weighted by Crippen LogP contribution is -2.09. The topological polar surface area (TPSA) is 93.3 Å². The van der Waals surface area contributed by atoms with E-state index in [-0.39, 0.29) is 18.1 Å². The first kappa shape index (κ1) is 11.5. The summed E-state index contributed by atoms with van der Waals surface area (Å²) in [7, 11) is -3.11. The van der Waals surface area contributed by atoms with Gasteiger partial charge in [-0.3, -0.25) is 0 Å². The maximum Gasteiger partial charge on any atom is 0.244 e. The van der Waals surface area contributed by atoms with Gasteiger partial charge in [-0.1, -0.05) is 5.16 Å². The Kier molecular flexibility index (Phi) is 2.98. The van der Waals surface area contributed by atoms with Gasteiger partial charge < -0.3 is 9.63 Å². The molecule has 0 aliphatic carbocycles. The van der Waals surface area contributed by atoms with E-state index in [1.165, 1.54) is 0 Å². The van der Waals surface area contributed by atoms with E-state index in [4.69, 9.17) is 9.63 Å². The van der Waals surface area contributed by atoms with E-state index >= 15 is 0 Å². The van der Waals surface area contributed by atoms with Gasteiger partial charge in [0.25, 0.3) is 0 Å². The largest absolute Gasteiger partial charge is 0.393 e. The fourth-order valence-electron chi connectivity index (χ4n) is 1.81. The zero-order valence-electron chi connectivity index (χ0n) is 8.96. The van der Waals surface area contributed by atoms with E-state index in [1.54, 1.807) is 6.92 Å². The van der Waals surface area contributed by atoms with Gasteiger partial charge >= 0.3 is 0 Å². The van der Waals surface area contributed by atoms with Crippen LogP contribution in [0.5, 0.6) is 0 Å². The minimum Gasteiger partial charge on any atom is -0.393 e. The van der Waals surface area contributed by atoms with E-state index in [9.17, 15) is 8.42 Å². The molecule has 0 aromatic carbocycles. The Hall–Kier alpha value is -0.950. The standard InChI is InChI=1S/C9H14N2O4S/c1-6(12)5-8-10-9(15-11-8)7-3-2-4-16(7,13)14/h6-7,12H,2-5H2,1H3. The lowest BCUT2D eigenvalue weighted by atomic mass is 10.2. The monoisotopic (exact) mass is 246 g/mol. The normalized spacial score (nSPS) is 25.8. The summed E-state index contributed by atoms with van der Waals surface area (Å²) in [4.78, 5) is 4.01. The number of nitrogens with zero attached hydrogens (tertiary/aromatic N) is 2. The second-order valence-corrected chi connectivity index (χ2v) is 6.40. The Balaban J connectivity index is 2.19. The third kappa shape index (κ3) is 2.25. The minimum atomic E-state index is -3.11. The second-order valence-electron chi connectivity index (χ2n) is 4.10. The smallest absolute Gasteiger partial charge is 0.244 e. The number of aliphatic hydroxyl groups is 1. The molecule has 90 valence electrons. The van der Waals surface area contributed by atoms with E-state index < -0.39 is 21.2 Å². The molecule has 2 rings (SSSR count). The molecular formula is C9H14N2O4S. The van der Waals surface area contributed by atoms with Crippen LogP contribution in [-0.2, 0) is 16.3 Å². The van der Waals surface area contributed by atoms with Crippen molar-refractivity contribution in [2.45, 2.75) is 37.5 Å². The lowest BCUT2D eigenvalue weighted by Gasteiger charge is -2.01. The number of aromatic nitrogens is 2. The van der Waals surface area contributed by atoms with E-state index in [0.29, 0.717) is 18.7 Å². The first-order valence-electron chi connectivity index (χ1n) is 5.21. The molecule has 7 heteroatoms. The van der Waals surface area contributed by atoms with Crippen LogP contribution < -0.4 is 0 Å². The van der Waals surface area contributed by atoms with Crippen LogP contribution >= 0.6 is 0 Å². The van der Waals surface area contributed by atoms with E-state index in [2.05, 4.69) is 10.1 Å². The average molecular weight is 246 g/mol. The molecule has 16 heavy (non-hydrogen) atoms. The molecule has 1 aliphatic heterocycles. The summed E-state index contributed by atoms with van der Waals surface area (Å²) in [6.07, 6.45) is 0.890. The number of hydrogen-bond acceptors (Lipinski definition) is 6. The Labute approximate surface area is 93.6 Å². The second kappa shape index (κ2) is 4.14. The first-order chi connectivity index (χ1) is 7.49.